The molecular formula is C15H15N3O4. The molecule has 3 rings (SSSR count). The first-order valence-corrected chi connectivity index (χ1v) is 6.86. The number of nitrogens with one attached hydrogen (secondary N) is 1. The number of H-pyrrole nitrogens is 1. The van der Waals surface area contributed by atoms with Crippen molar-refractivity contribution in [2.24, 2.45) is 5.92 Å². The Morgan fingerprint density at radius 2 is 2.14 bits per heavy atom. The van der Waals surface area contributed by atoms with Crippen LogP contribution in [-0.4, -0.2) is 33.7 Å². The summed E-state index contributed by atoms with van der Waals surface area (Å²) in [5.41, 5.74) is 1.56. The maximum Gasteiger partial charge on any atom is 0.308 e. The monoisotopic (exact) mass is 301 g/mol. The Bertz CT molecular complexity index is 708. The molecule has 7 nitrogen and oxygen atoms in total. The SMILES string of the molecule is Cc1cc(Oc2ccc(N3CC(C(=O)O)CC3=O)cc2)n[nH]1. The maximum atomic E-state index is 11.9. The number of rotatable bonds is 4. The van der Waals surface area contributed by atoms with Gasteiger partial charge in [0.15, 0.2) is 0 Å². The molecule has 0 radical (unpaired) electrons. The lowest BCUT2D eigenvalue weighted by Crippen LogP contribution is -2.25. The molecular weight excluding hydrogens is 286 g/mol. The van der Waals surface area contributed by atoms with Crippen LogP contribution in [0.2, 0.25) is 0 Å². The predicted octanol–water partition coefficient (Wildman–Crippen LogP) is 1.95. The Labute approximate surface area is 126 Å². The summed E-state index contributed by atoms with van der Waals surface area (Å²) >= 11 is 0. The van der Waals surface area contributed by atoms with Gasteiger partial charge in [-0.05, 0) is 31.2 Å². The molecule has 1 saturated heterocycles. The summed E-state index contributed by atoms with van der Waals surface area (Å²) in [5, 5.41) is 15.8. The van der Waals surface area contributed by atoms with E-state index >= 15 is 0 Å². The van der Waals surface area contributed by atoms with E-state index < -0.39 is 11.9 Å². The molecule has 1 aromatic carbocycles. The van der Waals surface area contributed by atoms with Crippen LogP contribution < -0.4 is 9.64 Å². The fourth-order valence-electron chi connectivity index (χ4n) is 2.38. The molecule has 0 spiro atoms. The zero-order valence-electron chi connectivity index (χ0n) is 11.9. The summed E-state index contributed by atoms with van der Waals surface area (Å²) in [6.45, 7) is 2.08. The van der Waals surface area contributed by atoms with E-state index in [4.69, 9.17) is 9.84 Å². The van der Waals surface area contributed by atoms with Crippen LogP contribution in [0.4, 0.5) is 5.69 Å². The molecule has 22 heavy (non-hydrogen) atoms. The summed E-state index contributed by atoms with van der Waals surface area (Å²) in [7, 11) is 0. The number of carboxylic acid groups (broad SMARTS) is 1. The number of aromatic amines is 1. The van der Waals surface area contributed by atoms with Gasteiger partial charge < -0.3 is 14.7 Å². The molecule has 1 aliphatic rings. The fourth-order valence-corrected chi connectivity index (χ4v) is 2.38. The first kappa shape index (κ1) is 14.1. The summed E-state index contributed by atoms with van der Waals surface area (Å²) < 4.78 is 5.56. The minimum atomic E-state index is -0.940. The van der Waals surface area contributed by atoms with Crippen LogP contribution in [0.3, 0.4) is 0 Å². The summed E-state index contributed by atoms with van der Waals surface area (Å²) in [6, 6.07) is 8.69. The third kappa shape index (κ3) is 2.78. The van der Waals surface area contributed by atoms with E-state index in [0.29, 0.717) is 17.3 Å². The van der Waals surface area contributed by atoms with Gasteiger partial charge >= 0.3 is 5.97 Å². The minimum Gasteiger partial charge on any atom is -0.481 e. The summed E-state index contributed by atoms with van der Waals surface area (Å²) in [4.78, 5) is 24.3. The van der Waals surface area contributed by atoms with Crippen molar-refractivity contribution >= 4 is 17.6 Å². The fraction of sp³-hybridized carbons (Fsp3) is 0.267. The van der Waals surface area contributed by atoms with E-state index in [0.717, 1.165) is 5.69 Å². The topological polar surface area (TPSA) is 95.5 Å². The number of carbonyl (C=O) groups is 2. The van der Waals surface area contributed by atoms with Crippen molar-refractivity contribution in [1.82, 2.24) is 10.2 Å². The molecule has 1 aromatic heterocycles. The van der Waals surface area contributed by atoms with Crippen LogP contribution in [0.1, 0.15) is 12.1 Å². The number of aryl methyl sites for hydroxylation is 1. The smallest absolute Gasteiger partial charge is 0.308 e. The molecule has 0 saturated carbocycles. The van der Waals surface area contributed by atoms with Crippen LogP contribution in [0.25, 0.3) is 0 Å². The van der Waals surface area contributed by atoms with Gasteiger partial charge in [-0.3, -0.25) is 14.7 Å². The molecule has 2 heterocycles. The quantitative estimate of drug-likeness (QED) is 0.900. The molecule has 1 atom stereocenters. The van der Waals surface area contributed by atoms with Crippen molar-refractivity contribution in [2.45, 2.75) is 13.3 Å². The number of hydrogen-bond donors (Lipinski definition) is 2. The van der Waals surface area contributed by atoms with E-state index in [2.05, 4.69) is 10.2 Å². The number of amides is 1. The molecule has 1 aliphatic heterocycles. The molecule has 1 unspecified atom stereocenters. The molecule has 7 heteroatoms. The van der Waals surface area contributed by atoms with Crippen LogP contribution in [0.15, 0.2) is 30.3 Å². The zero-order valence-corrected chi connectivity index (χ0v) is 11.9. The van der Waals surface area contributed by atoms with E-state index in [1.54, 1.807) is 30.3 Å². The minimum absolute atomic E-state index is 0.0418. The number of carboxylic acids is 1. The Morgan fingerprint density at radius 1 is 1.41 bits per heavy atom. The molecule has 1 fully saturated rings. The highest BCUT2D eigenvalue weighted by Gasteiger charge is 2.34. The maximum absolute atomic E-state index is 11.9. The van der Waals surface area contributed by atoms with Crippen molar-refractivity contribution < 1.29 is 19.4 Å². The summed E-state index contributed by atoms with van der Waals surface area (Å²) in [6.07, 6.45) is 0.0418. The number of hydrogen-bond acceptors (Lipinski definition) is 4. The van der Waals surface area contributed by atoms with Crippen LogP contribution in [0, 0.1) is 12.8 Å². The molecule has 0 bridgehead atoms. The first-order valence-electron chi connectivity index (χ1n) is 6.86. The number of carbonyl (C=O) groups excluding carboxylic acids is 1. The lowest BCUT2D eigenvalue weighted by molar-refractivity contribution is -0.141. The second kappa shape index (κ2) is 5.51. The van der Waals surface area contributed by atoms with Crippen molar-refractivity contribution in [1.29, 1.82) is 0 Å². The van der Waals surface area contributed by atoms with E-state index in [9.17, 15) is 9.59 Å². The van der Waals surface area contributed by atoms with Gasteiger partial charge in [0.2, 0.25) is 11.8 Å². The standard InChI is InChI=1S/C15H15N3O4/c1-9-6-13(17-16-9)22-12-4-2-11(3-5-12)18-8-10(15(20)21)7-14(18)19/h2-6,10H,7-8H2,1H3,(H,16,17)(H,20,21). The molecule has 2 aromatic rings. The van der Waals surface area contributed by atoms with Gasteiger partial charge in [-0.2, -0.15) is 0 Å². The van der Waals surface area contributed by atoms with Crippen molar-refractivity contribution in [2.75, 3.05) is 11.4 Å². The van der Waals surface area contributed by atoms with Crippen LogP contribution in [0.5, 0.6) is 11.6 Å². The van der Waals surface area contributed by atoms with Crippen molar-refractivity contribution in [3.63, 3.8) is 0 Å². The summed E-state index contributed by atoms with van der Waals surface area (Å²) in [5.74, 6) is -0.700. The lowest BCUT2D eigenvalue weighted by Gasteiger charge is -2.16. The van der Waals surface area contributed by atoms with E-state index in [1.165, 1.54) is 4.90 Å². The normalized spacial score (nSPS) is 17.8. The third-order valence-electron chi connectivity index (χ3n) is 3.53. The Morgan fingerprint density at radius 3 is 2.68 bits per heavy atom. The molecule has 2 N–H and O–H groups in total. The lowest BCUT2D eigenvalue weighted by atomic mass is 10.1. The number of ether oxygens (including phenoxy) is 1. The van der Waals surface area contributed by atoms with E-state index in [1.807, 2.05) is 6.92 Å². The van der Waals surface area contributed by atoms with Gasteiger partial charge in [0.25, 0.3) is 0 Å². The van der Waals surface area contributed by atoms with Gasteiger partial charge in [-0.15, -0.1) is 5.10 Å². The van der Waals surface area contributed by atoms with Crippen molar-refractivity contribution in [3.05, 3.63) is 36.0 Å². The average molecular weight is 301 g/mol. The third-order valence-corrected chi connectivity index (χ3v) is 3.53. The highest BCUT2D eigenvalue weighted by atomic mass is 16.5. The highest BCUT2D eigenvalue weighted by molar-refractivity contribution is 5.99. The second-order valence-corrected chi connectivity index (χ2v) is 5.23. The number of anilines is 1. The number of aromatic nitrogens is 2. The molecule has 0 aliphatic carbocycles. The van der Waals surface area contributed by atoms with Gasteiger partial charge in [0.1, 0.15) is 5.75 Å². The molecule has 1 amide bonds. The first-order chi connectivity index (χ1) is 10.5. The van der Waals surface area contributed by atoms with E-state index in [-0.39, 0.29) is 18.9 Å². The van der Waals surface area contributed by atoms with Crippen LogP contribution >= 0.6 is 0 Å². The molecule has 114 valence electrons. The van der Waals surface area contributed by atoms with Gasteiger partial charge in [0.05, 0.1) is 5.92 Å². The Balaban J connectivity index is 1.71. The van der Waals surface area contributed by atoms with Gasteiger partial charge in [-0.25, -0.2) is 0 Å². The predicted molar refractivity (Wildman–Crippen MR) is 77.9 cm³/mol. The van der Waals surface area contributed by atoms with Crippen molar-refractivity contribution in [3.8, 4) is 11.6 Å². The number of nitrogens with zero attached hydrogens (tertiary/aromatic N) is 2. The van der Waals surface area contributed by atoms with Gasteiger partial charge in [-0.1, -0.05) is 0 Å². The average Bonchev–Trinajstić information content (AvgIpc) is 3.06. The zero-order chi connectivity index (χ0) is 15.7. The second-order valence-electron chi connectivity index (χ2n) is 5.23. The largest absolute Gasteiger partial charge is 0.481 e. The van der Waals surface area contributed by atoms with Crippen LogP contribution in [-0.2, 0) is 9.59 Å². The Kier molecular flexibility index (Phi) is 3.54. The number of aliphatic carboxylic acids is 1. The Hall–Kier alpha value is -2.83. The van der Waals surface area contributed by atoms with Gasteiger partial charge in [0, 0.05) is 30.4 Å². The number of benzene rings is 1. The highest BCUT2D eigenvalue weighted by Crippen LogP contribution is 2.28.